The van der Waals surface area contributed by atoms with Gasteiger partial charge in [-0.05, 0) is 42.3 Å². The number of amides is 1. The molecule has 1 amide bonds. The molecule has 2 aromatic rings. The van der Waals surface area contributed by atoms with Crippen LogP contribution in [0.15, 0.2) is 65.6 Å². The maximum absolute atomic E-state index is 13.0. The fourth-order valence-electron chi connectivity index (χ4n) is 2.96. The van der Waals surface area contributed by atoms with Crippen LogP contribution in [0.5, 0.6) is 5.75 Å². The number of ether oxygens (including phenoxy) is 2. The lowest BCUT2D eigenvalue weighted by atomic mass is 10.0. The molecule has 1 aromatic heterocycles. The van der Waals surface area contributed by atoms with Gasteiger partial charge < -0.3 is 14.4 Å². The van der Waals surface area contributed by atoms with Gasteiger partial charge in [0, 0.05) is 18.1 Å². The predicted octanol–water partition coefficient (Wildman–Crippen LogP) is 2.96. The molecular formula is C21H20N2O4. The number of pyridine rings is 1. The number of carbonyl (C=O) groups is 2. The minimum Gasteiger partial charge on any atom is -0.497 e. The summed E-state index contributed by atoms with van der Waals surface area (Å²) in [4.78, 5) is 31.0. The standard InChI is InChI=1S/C21H20N2O4/c1-14-19(21(25)27-3)18(11-15-6-8-17(26-2)9-7-15)20(24)23(14)13-16-5-4-10-22-12-16/h4-12H,13H2,1-3H3/b18-11-. The second kappa shape index (κ2) is 7.86. The lowest BCUT2D eigenvalue weighted by Crippen LogP contribution is -2.24. The molecule has 0 bridgehead atoms. The smallest absolute Gasteiger partial charge is 0.340 e. The van der Waals surface area contributed by atoms with Crippen LogP contribution in [0.3, 0.4) is 0 Å². The quantitative estimate of drug-likeness (QED) is 0.603. The van der Waals surface area contributed by atoms with E-state index >= 15 is 0 Å². The van der Waals surface area contributed by atoms with Gasteiger partial charge in [0.1, 0.15) is 5.75 Å². The Hall–Kier alpha value is -3.41. The van der Waals surface area contributed by atoms with E-state index in [0.29, 0.717) is 23.6 Å². The predicted molar refractivity (Wildman–Crippen MR) is 100 cm³/mol. The van der Waals surface area contributed by atoms with E-state index in [0.717, 1.165) is 11.1 Å². The summed E-state index contributed by atoms with van der Waals surface area (Å²) in [5.74, 6) is -0.0603. The first-order valence-corrected chi connectivity index (χ1v) is 8.41. The molecule has 1 aliphatic heterocycles. The van der Waals surface area contributed by atoms with Crippen LogP contribution in [0.25, 0.3) is 6.08 Å². The van der Waals surface area contributed by atoms with Crippen LogP contribution in [0.1, 0.15) is 18.1 Å². The number of methoxy groups -OCH3 is 2. The summed E-state index contributed by atoms with van der Waals surface area (Å²) in [6, 6.07) is 10.9. The number of nitrogens with zero attached hydrogens (tertiary/aromatic N) is 2. The van der Waals surface area contributed by atoms with Crippen LogP contribution >= 0.6 is 0 Å². The molecule has 0 N–H and O–H groups in total. The molecule has 27 heavy (non-hydrogen) atoms. The monoisotopic (exact) mass is 364 g/mol. The molecule has 2 heterocycles. The number of rotatable bonds is 5. The van der Waals surface area contributed by atoms with Gasteiger partial charge in [-0.3, -0.25) is 9.78 Å². The second-order valence-electron chi connectivity index (χ2n) is 6.04. The van der Waals surface area contributed by atoms with Crippen molar-refractivity contribution in [3.05, 3.63) is 76.8 Å². The Morgan fingerprint density at radius 3 is 2.52 bits per heavy atom. The van der Waals surface area contributed by atoms with E-state index in [-0.39, 0.29) is 11.5 Å². The van der Waals surface area contributed by atoms with E-state index in [1.807, 2.05) is 24.3 Å². The lowest BCUT2D eigenvalue weighted by molar-refractivity contribution is -0.136. The second-order valence-corrected chi connectivity index (χ2v) is 6.04. The molecule has 6 heteroatoms. The van der Waals surface area contributed by atoms with Crippen LogP contribution in [0, 0.1) is 0 Å². The highest BCUT2D eigenvalue weighted by molar-refractivity contribution is 6.16. The summed E-state index contributed by atoms with van der Waals surface area (Å²) in [6.45, 7) is 2.08. The van der Waals surface area contributed by atoms with Crippen molar-refractivity contribution >= 4 is 18.0 Å². The van der Waals surface area contributed by atoms with Crippen molar-refractivity contribution in [2.45, 2.75) is 13.5 Å². The van der Waals surface area contributed by atoms with E-state index < -0.39 is 5.97 Å². The summed E-state index contributed by atoms with van der Waals surface area (Å²) in [5, 5.41) is 0. The topological polar surface area (TPSA) is 68.7 Å². The summed E-state index contributed by atoms with van der Waals surface area (Å²) in [7, 11) is 2.90. The van der Waals surface area contributed by atoms with Crippen molar-refractivity contribution in [2.24, 2.45) is 0 Å². The molecule has 0 saturated carbocycles. The van der Waals surface area contributed by atoms with Crippen molar-refractivity contribution in [2.75, 3.05) is 14.2 Å². The van der Waals surface area contributed by atoms with Gasteiger partial charge in [-0.25, -0.2) is 4.79 Å². The molecule has 138 valence electrons. The summed E-state index contributed by atoms with van der Waals surface area (Å²) < 4.78 is 10.1. The zero-order valence-electron chi connectivity index (χ0n) is 15.4. The number of carbonyl (C=O) groups excluding carboxylic acids is 2. The number of benzene rings is 1. The van der Waals surface area contributed by atoms with Crippen LogP contribution in [0.4, 0.5) is 0 Å². The third kappa shape index (κ3) is 3.74. The maximum Gasteiger partial charge on any atom is 0.340 e. The van der Waals surface area contributed by atoms with Crippen LogP contribution in [0.2, 0.25) is 0 Å². The van der Waals surface area contributed by atoms with Crippen molar-refractivity contribution in [1.82, 2.24) is 9.88 Å². The summed E-state index contributed by atoms with van der Waals surface area (Å²) in [5.41, 5.74) is 2.82. The number of aromatic nitrogens is 1. The van der Waals surface area contributed by atoms with E-state index in [4.69, 9.17) is 9.47 Å². The minimum absolute atomic E-state index is 0.243. The molecule has 6 nitrogen and oxygen atoms in total. The molecule has 0 radical (unpaired) electrons. The molecule has 0 spiro atoms. The van der Waals surface area contributed by atoms with Gasteiger partial charge in [-0.1, -0.05) is 18.2 Å². The molecule has 0 saturated heterocycles. The SMILES string of the molecule is COC(=O)C1=C(C)N(Cc2cccnc2)C(=O)/C1=C\c1ccc(OC)cc1. The molecular weight excluding hydrogens is 344 g/mol. The average Bonchev–Trinajstić information content (AvgIpc) is 2.93. The van der Waals surface area contributed by atoms with Gasteiger partial charge in [0.05, 0.1) is 31.9 Å². The molecule has 1 aliphatic rings. The molecule has 0 atom stereocenters. The highest BCUT2D eigenvalue weighted by Crippen LogP contribution is 2.32. The number of allylic oxidation sites excluding steroid dienone is 1. The van der Waals surface area contributed by atoms with Crippen molar-refractivity contribution in [3.8, 4) is 5.75 Å². The molecule has 0 fully saturated rings. The Balaban J connectivity index is 2.00. The van der Waals surface area contributed by atoms with Gasteiger partial charge in [0.15, 0.2) is 0 Å². The van der Waals surface area contributed by atoms with Crippen molar-refractivity contribution in [1.29, 1.82) is 0 Å². The molecule has 1 aromatic carbocycles. The van der Waals surface area contributed by atoms with Gasteiger partial charge in [-0.15, -0.1) is 0 Å². The van der Waals surface area contributed by atoms with Gasteiger partial charge in [0.2, 0.25) is 0 Å². The Kier molecular flexibility index (Phi) is 5.35. The van der Waals surface area contributed by atoms with Crippen molar-refractivity contribution < 1.29 is 19.1 Å². The first-order chi connectivity index (χ1) is 13.0. The third-order valence-corrected chi connectivity index (χ3v) is 4.39. The third-order valence-electron chi connectivity index (χ3n) is 4.39. The molecule has 0 aliphatic carbocycles. The normalized spacial score (nSPS) is 15.4. The van der Waals surface area contributed by atoms with Crippen LogP contribution in [-0.2, 0) is 20.9 Å². The molecule has 3 rings (SSSR count). The Bertz CT molecular complexity index is 915. The number of hydrogen-bond donors (Lipinski definition) is 0. The zero-order chi connectivity index (χ0) is 19.4. The Morgan fingerprint density at radius 2 is 1.93 bits per heavy atom. The highest BCUT2D eigenvalue weighted by atomic mass is 16.5. The van der Waals surface area contributed by atoms with Gasteiger partial charge >= 0.3 is 5.97 Å². The summed E-state index contributed by atoms with van der Waals surface area (Å²) in [6.07, 6.45) is 5.07. The van der Waals surface area contributed by atoms with E-state index in [9.17, 15) is 9.59 Å². The van der Waals surface area contributed by atoms with Gasteiger partial charge in [-0.2, -0.15) is 0 Å². The van der Waals surface area contributed by atoms with E-state index in [1.165, 1.54) is 7.11 Å². The fourth-order valence-corrected chi connectivity index (χ4v) is 2.96. The zero-order valence-corrected chi connectivity index (χ0v) is 15.4. The average molecular weight is 364 g/mol. The number of esters is 1. The van der Waals surface area contributed by atoms with E-state index in [1.54, 1.807) is 49.5 Å². The van der Waals surface area contributed by atoms with Gasteiger partial charge in [0.25, 0.3) is 5.91 Å². The van der Waals surface area contributed by atoms with Crippen LogP contribution in [-0.4, -0.2) is 36.0 Å². The first kappa shape index (κ1) is 18.4. The lowest BCUT2D eigenvalue weighted by Gasteiger charge is -2.17. The fraction of sp³-hybridized carbons (Fsp3) is 0.190. The largest absolute Gasteiger partial charge is 0.497 e. The highest BCUT2D eigenvalue weighted by Gasteiger charge is 2.36. The maximum atomic E-state index is 13.0. The van der Waals surface area contributed by atoms with E-state index in [2.05, 4.69) is 4.98 Å². The first-order valence-electron chi connectivity index (χ1n) is 8.41. The number of hydrogen-bond acceptors (Lipinski definition) is 5. The minimum atomic E-state index is -0.533. The molecule has 0 unspecified atom stereocenters. The summed E-state index contributed by atoms with van der Waals surface area (Å²) >= 11 is 0. The Labute approximate surface area is 157 Å². The van der Waals surface area contributed by atoms with Crippen LogP contribution < -0.4 is 4.74 Å². The Morgan fingerprint density at radius 1 is 1.19 bits per heavy atom. The van der Waals surface area contributed by atoms with Crippen molar-refractivity contribution in [3.63, 3.8) is 0 Å².